The maximum Gasteiger partial charge on any atom is 0.242 e. The van der Waals surface area contributed by atoms with Crippen LogP contribution in [-0.4, -0.2) is 61.7 Å². The largest absolute Gasteiger partial charge is 0.508 e. The van der Waals surface area contributed by atoms with Crippen LogP contribution in [0.15, 0.2) is 78.4 Å². The molecule has 0 bridgehead atoms. The van der Waals surface area contributed by atoms with E-state index in [9.17, 15) is 24.6 Å². The van der Waals surface area contributed by atoms with Gasteiger partial charge in [0.25, 0.3) is 0 Å². The fraction of sp³-hybridized carbons (Fsp3) is 0.341. The predicted octanol–water partition coefficient (Wildman–Crippen LogP) is 7.55. The van der Waals surface area contributed by atoms with E-state index in [1.54, 1.807) is 78.5 Å². The van der Waals surface area contributed by atoms with E-state index in [2.05, 4.69) is 0 Å². The SMILES string of the molecule is CCOc1cccc([C@H]2C3=CC[C@@H]4C(=O)N(CCc5ccc(O)cc5)C(=O)[C@@H]4[C@@H]3C[C@H]3C(=O)N(c4cc(-c5sc6ccc(Cl)cc6c5C)nn4C)C(=O)[C@@]23C)c1O. The summed E-state index contributed by atoms with van der Waals surface area (Å²) in [6.07, 6.45) is 2.86. The van der Waals surface area contributed by atoms with Gasteiger partial charge in [0.1, 0.15) is 17.3 Å². The molecule has 4 heterocycles. The van der Waals surface area contributed by atoms with Crippen molar-refractivity contribution < 1.29 is 34.1 Å². The number of thiophene rings is 1. The van der Waals surface area contributed by atoms with Gasteiger partial charge in [0, 0.05) is 40.9 Å². The highest BCUT2D eigenvalue weighted by molar-refractivity contribution is 7.22. The van der Waals surface area contributed by atoms with Crippen LogP contribution in [0.2, 0.25) is 5.02 Å². The van der Waals surface area contributed by atoms with Gasteiger partial charge in [-0.2, -0.15) is 5.10 Å². The van der Waals surface area contributed by atoms with Crippen LogP contribution in [0.4, 0.5) is 5.82 Å². The molecule has 2 saturated heterocycles. The van der Waals surface area contributed by atoms with E-state index in [0.29, 0.717) is 35.1 Å². The number of aromatic hydroxyl groups is 2. The topological polar surface area (TPSA) is 142 Å². The molecule has 292 valence electrons. The molecule has 2 aromatic heterocycles. The number of aryl methyl sites for hydroxylation is 2. The summed E-state index contributed by atoms with van der Waals surface area (Å²) in [5, 5.41) is 28.0. The van der Waals surface area contributed by atoms with E-state index in [1.807, 2.05) is 38.1 Å². The van der Waals surface area contributed by atoms with Crippen molar-refractivity contribution in [3.8, 4) is 27.8 Å². The van der Waals surface area contributed by atoms with Crippen molar-refractivity contribution >= 4 is 62.5 Å². The number of benzene rings is 3. The Morgan fingerprint density at radius 1 is 0.982 bits per heavy atom. The number of likely N-dealkylation sites (tertiary alicyclic amines) is 1. The molecule has 3 aromatic carbocycles. The molecule has 2 N–H and O–H groups in total. The third kappa shape index (κ3) is 5.55. The van der Waals surface area contributed by atoms with E-state index < -0.39 is 46.8 Å². The molecule has 2 aliphatic heterocycles. The number of ether oxygens (including phenoxy) is 1. The van der Waals surface area contributed by atoms with Gasteiger partial charge in [0.05, 0.1) is 34.7 Å². The molecule has 2 aliphatic carbocycles. The first-order chi connectivity index (χ1) is 27.3. The number of amides is 4. The van der Waals surface area contributed by atoms with Crippen LogP contribution < -0.4 is 9.64 Å². The molecule has 4 aliphatic rings. The Morgan fingerprint density at radius 2 is 1.75 bits per heavy atom. The van der Waals surface area contributed by atoms with Gasteiger partial charge in [-0.05, 0) is 98.9 Å². The number of imide groups is 2. The van der Waals surface area contributed by atoms with Gasteiger partial charge in [-0.15, -0.1) is 11.3 Å². The molecule has 1 saturated carbocycles. The molecule has 4 amide bonds. The number of carbonyl (C=O) groups is 4. The Hall–Kier alpha value is -5.46. The van der Waals surface area contributed by atoms with Crippen molar-refractivity contribution in [1.82, 2.24) is 14.7 Å². The average Bonchev–Trinajstić information content (AvgIpc) is 3.86. The number of anilines is 1. The number of fused-ring (bicyclic) bond motifs is 5. The summed E-state index contributed by atoms with van der Waals surface area (Å²) >= 11 is 7.89. The fourth-order valence-corrected chi connectivity index (χ4v) is 11.3. The number of halogens is 1. The quantitative estimate of drug-likeness (QED) is 0.121. The first kappa shape index (κ1) is 37.1. The number of para-hydroxylation sites is 1. The van der Waals surface area contributed by atoms with Crippen LogP contribution in [0.25, 0.3) is 20.7 Å². The van der Waals surface area contributed by atoms with Crippen molar-refractivity contribution in [1.29, 1.82) is 0 Å². The molecular formula is C44H41ClN4O7S. The van der Waals surface area contributed by atoms with Gasteiger partial charge in [-0.3, -0.25) is 28.8 Å². The summed E-state index contributed by atoms with van der Waals surface area (Å²) in [7, 11) is 1.71. The van der Waals surface area contributed by atoms with Crippen molar-refractivity contribution in [2.24, 2.45) is 36.1 Å². The summed E-state index contributed by atoms with van der Waals surface area (Å²) in [6.45, 7) is 6.09. The number of carbonyl (C=O) groups excluding carboxylic acids is 4. The number of hydrogen-bond donors (Lipinski definition) is 2. The molecule has 0 radical (unpaired) electrons. The van der Waals surface area contributed by atoms with Gasteiger partial charge in [0.2, 0.25) is 23.6 Å². The Kier molecular flexibility index (Phi) is 8.85. The Balaban J connectivity index is 1.12. The predicted molar refractivity (Wildman–Crippen MR) is 216 cm³/mol. The highest BCUT2D eigenvalue weighted by Crippen LogP contribution is 2.65. The maximum atomic E-state index is 15.2. The summed E-state index contributed by atoms with van der Waals surface area (Å²) < 4.78 is 8.39. The minimum Gasteiger partial charge on any atom is -0.508 e. The Labute approximate surface area is 338 Å². The third-order valence-electron chi connectivity index (χ3n) is 12.8. The molecule has 5 aromatic rings. The smallest absolute Gasteiger partial charge is 0.242 e. The van der Waals surface area contributed by atoms with Crippen LogP contribution in [0.3, 0.4) is 0 Å². The zero-order valence-corrected chi connectivity index (χ0v) is 33.4. The van der Waals surface area contributed by atoms with Crippen LogP contribution in [-0.2, 0) is 32.6 Å². The molecule has 0 unspecified atom stereocenters. The number of allylic oxidation sites excluding steroid dienone is 2. The molecule has 3 fully saturated rings. The van der Waals surface area contributed by atoms with E-state index >= 15 is 4.79 Å². The number of rotatable bonds is 8. The maximum absolute atomic E-state index is 15.2. The first-order valence-electron chi connectivity index (χ1n) is 19.2. The van der Waals surface area contributed by atoms with Gasteiger partial charge in [-0.1, -0.05) is 47.5 Å². The second-order valence-electron chi connectivity index (χ2n) is 15.7. The van der Waals surface area contributed by atoms with Gasteiger partial charge >= 0.3 is 0 Å². The zero-order chi connectivity index (χ0) is 40.1. The number of phenolic OH excluding ortho intramolecular Hbond substituents is 2. The fourth-order valence-electron chi connectivity index (χ4n) is 10.0. The third-order valence-corrected chi connectivity index (χ3v) is 14.3. The number of hydrogen-bond acceptors (Lipinski definition) is 9. The van der Waals surface area contributed by atoms with Gasteiger partial charge in [0.15, 0.2) is 11.5 Å². The molecule has 6 atom stereocenters. The monoisotopic (exact) mass is 804 g/mol. The van der Waals surface area contributed by atoms with Crippen LogP contribution in [0, 0.1) is 36.0 Å². The summed E-state index contributed by atoms with van der Waals surface area (Å²) in [4.78, 5) is 62.0. The van der Waals surface area contributed by atoms with Crippen molar-refractivity contribution in [2.75, 3.05) is 18.1 Å². The lowest BCUT2D eigenvalue weighted by atomic mass is 9.51. The minimum absolute atomic E-state index is 0.126. The highest BCUT2D eigenvalue weighted by Gasteiger charge is 2.68. The van der Waals surface area contributed by atoms with E-state index in [4.69, 9.17) is 21.4 Å². The lowest BCUT2D eigenvalue weighted by Gasteiger charge is -2.49. The van der Waals surface area contributed by atoms with Crippen molar-refractivity contribution in [3.05, 3.63) is 100 Å². The normalized spacial score (nSPS) is 25.6. The highest BCUT2D eigenvalue weighted by atomic mass is 35.5. The van der Waals surface area contributed by atoms with E-state index in [1.165, 1.54) is 9.80 Å². The van der Waals surface area contributed by atoms with E-state index in [0.717, 1.165) is 31.7 Å². The summed E-state index contributed by atoms with van der Waals surface area (Å²) in [5.74, 6) is -4.37. The summed E-state index contributed by atoms with van der Waals surface area (Å²) in [5.41, 5.74) is 2.31. The second-order valence-corrected chi connectivity index (χ2v) is 17.2. The summed E-state index contributed by atoms with van der Waals surface area (Å²) in [6, 6.07) is 19.4. The number of aromatic nitrogens is 2. The van der Waals surface area contributed by atoms with Crippen molar-refractivity contribution in [3.63, 3.8) is 0 Å². The van der Waals surface area contributed by atoms with Gasteiger partial charge in [-0.25, -0.2) is 4.90 Å². The lowest BCUT2D eigenvalue weighted by molar-refractivity contribution is -0.140. The number of nitrogens with zero attached hydrogens (tertiary/aromatic N) is 4. The Morgan fingerprint density at radius 3 is 2.51 bits per heavy atom. The molecular weight excluding hydrogens is 764 g/mol. The zero-order valence-electron chi connectivity index (χ0n) is 31.9. The number of phenols is 2. The molecule has 11 nitrogen and oxygen atoms in total. The minimum atomic E-state index is -1.37. The van der Waals surface area contributed by atoms with E-state index in [-0.39, 0.29) is 48.4 Å². The van der Waals surface area contributed by atoms with Crippen LogP contribution >= 0.6 is 22.9 Å². The lowest BCUT2D eigenvalue weighted by Crippen LogP contribution is -2.49. The molecule has 0 spiro atoms. The molecule has 57 heavy (non-hydrogen) atoms. The first-order valence-corrected chi connectivity index (χ1v) is 20.4. The second kappa shape index (κ2) is 13.6. The van der Waals surface area contributed by atoms with Crippen LogP contribution in [0.5, 0.6) is 17.2 Å². The molecule has 9 rings (SSSR count). The van der Waals surface area contributed by atoms with Crippen LogP contribution in [0.1, 0.15) is 49.3 Å². The standard InChI is InChI=1S/C44H41ClN4O7S/c1-5-56-33-8-6-7-28(38(33)51)37-26-14-15-27-36(42(54)48(40(27)52)18-17-23-9-12-25(50)13-10-23)30(26)20-31-41(53)49(43(55)44(31,37)3)35-21-32(46-47(35)4)39-22(2)29-19-24(45)11-16-34(29)57-39/h6-14,16,19,21,27,30-31,36-37,50-51H,5,15,17-18,20H2,1-4H3/t27-,30+,31-,36-,37+,44+/m0/s1. The van der Waals surface area contributed by atoms with Crippen molar-refractivity contribution in [2.45, 2.75) is 46.0 Å². The average molecular weight is 805 g/mol. The Bertz CT molecular complexity index is 2560. The van der Waals surface area contributed by atoms with Gasteiger partial charge < -0.3 is 14.9 Å². The molecule has 13 heteroatoms.